The fraction of sp³-hybridized carbons (Fsp3) is 0.750. The van der Waals surface area contributed by atoms with Crippen molar-refractivity contribution in [2.24, 2.45) is 5.92 Å². The fourth-order valence-electron chi connectivity index (χ4n) is 1.38. The zero-order valence-electron chi connectivity index (χ0n) is 11.1. The van der Waals surface area contributed by atoms with Gasteiger partial charge < -0.3 is 14.8 Å². The molecule has 1 aromatic rings. The van der Waals surface area contributed by atoms with Gasteiger partial charge in [-0.05, 0) is 39.5 Å². The standard InChI is InChI=1S/C12H20N4O2/c1-4-13-10-14-11(17-7-9-5-6-9)16-12(15-10)18-8(2)3/h8-9H,4-7H2,1-3H3,(H,13,14,15,16). The van der Waals surface area contributed by atoms with E-state index in [1.807, 2.05) is 20.8 Å². The second-order valence-electron chi connectivity index (χ2n) is 4.68. The van der Waals surface area contributed by atoms with E-state index in [1.165, 1.54) is 12.8 Å². The largest absolute Gasteiger partial charge is 0.463 e. The van der Waals surface area contributed by atoms with Crippen LogP contribution in [0.3, 0.4) is 0 Å². The molecule has 6 heteroatoms. The zero-order chi connectivity index (χ0) is 13.0. The molecule has 0 spiro atoms. The van der Waals surface area contributed by atoms with Gasteiger partial charge in [0.05, 0.1) is 12.7 Å². The molecule has 0 saturated heterocycles. The van der Waals surface area contributed by atoms with E-state index in [2.05, 4.69) is 20.3 Å². The van der Waals surface area contributed by atoms with Gasteiger partial charge in [0, 0.05) is 6.54 Å². The van der Waals surface area contributed by atoms with E-state index >= 15 is 0 Å². The van der Waals surface area contributed by atoms with Crippen molar-refractivity contribution < 1.29 is 9.47 Å². The van der Waals surface area contributed by atoms with Crippen molar-refractivity contribution in [2.75, 3.05) is 18.5 Å². The lowest BCUT2D eigenvalue weighted by atomic mass is 10.5. The predicted octanol–water partition coefficient (Wildman–Crippen LogP) is 1.88. The molecule has 0 amide bonds. The van der Waals surface area contributed by atoms with E-state index in [4.69, 9.17) is 9.47 Å². The molecule has 2 rings (SSSR count). The molecular weight excluding hydrogens is 232 g/mol. The third-order valence-corrected chi connectivity index (χ3v) is 2.42. The van der Waals surface area contributed by atoms with E-state index < -0.39 is 0 Å². The van der Waals surface area contributed by atoms with Crippen LogP contribution in [0.15, 0.2) is 0 Å². The number of ether oxygens (including phenoxy) is 2. The number of hydrogen-bond acceptors (Lipinski definition) is 6. The Morgan fingerprint density at radius 1 is 1.22 bits per heavy atom. The van der Waals surface area contributed by atoms with Gasteiger partial charge in [-0.1, -0.05) is 0 Å². The Kier molecular flexibility index (Phi) is 4.17. The van der Waals surface area contributed by atoms with Crippen LogP contribution in [0.4, 0.5) is 5.95 Å². The molecule has 18 heavy (non-hydrogen) atoms. The Labute approximate surface area is 107 Å². The molecular formula is C12H20N4O2. The Balaban J connectivity index is 2.06. The lowest BCUT2D eigenvalue weighted by Crippen LogP contribution is -2.13. The highest BCUT2D eigenvalue weighted by atomic mass is 16.5. The Morgan fingerprint density at radius 2 is 1.94 bits per heavy atom. The van der Waals surface area contributed by atoms with E-state index in [0.717, 1.165) is 6.54 Å². The third kappa shape index (κ3) is 4.01. The first-order valence-corrected chi connectivity index (χ1v) is 6.46. The molecule has 0 unspecified atom stereocenters. The van der Waals surface area contributed by atoms with Gasteiger partial charge in [0.2, 0.25) is 5.95 Å². The highest BCUT2D eigenvalue weighted by Crippen LogP contribution is 2.29. The molecule has 6 nitrogen and oxygen atoms in total. The smallest absolute Gasteiger partial charge is 0.324 e. The van der Waals surface area contributed by atoms with Gasteiger partial charge in [-0.2, -0.15) is 9.97 Å². The molecule has 0 bridgehead atoms. The maximum absolute atomic E-state index is 5.56. The number of anilines is 1. The summed E-state index contributed by atoms with van der Waals surface area (Å²) in [6.07, 6.45) is 2.50. The summed E-state index contributed by atoms with van der Waals surface area (Å²) in [7, 11) is 0. The van der Waals surface area contributed by atoms with Crippen molar-refractivity contribution >= 4 is 5.95 Å². The van der Waals surface area contributed by atoms with Crippen LogP contribution in [0.5, 0.6) is 12.0 Å². The van der Waals surface area contributed by atoms with Crippen LogP contribution in [-0.2, 0) is 0 Å². The van der Waals surface area contributed by atoms with Gasteiger partial charge in [0.1, 0.15) is 0 Å². The Morgan fingerprint density at radius 3 is 2.56 bits per heavy atom. The molecule has 1 N–H and O–H groups in total. The average molecular weight is 252 g/mol. The molecule has 1 aliphatic rings. The minimum absolute atomic E-state index is 0.0261. The van der Waals surface area contributed by atoms with E-state index in [1.54, 1.807) is 0 Å². The van der Waals surface area contributed by atoms with Gasteiger partial charge in [-0.15, -0.1) is 4.98 Å². The summed E-state index contributed by atoms with van der Waals surface area (Å²) in [5.74, 6) is 1.16. The molecule has 0 aliphatic heterocycles. The van der Waals surface area contributed by atoms with Crippen molar-refractivity contribution in [1.29, 1.82) is 0 Å². The molecule has 1 heterocycles. The highest BCUT2D eigenvalue weighted by Gasteiger charge is 2.22. The molecule has 1 saturated carbocycles. The van der Waals surface area contributed by atoms with E-state index in [9.17, 15) is 0 Å². The summed E-state index contributed by atoms with van der Waals surface area (Å²) in [4.78, 5) is 12.5. The number of nitrogens with one attached hydrogen (secondary N) is 1. The van der Waals surface area contributed by atoms with Gasteiger partial charge in [0.15, 0.2) is 0 Å². The molecule has 1 fully saturated rings. The summed E-state index contributed by atoms with van der Waals surface area (Å²) in [6, 6.07) is 0.644. The molecule has 1 aliphatic carbocycles. The third-order valence-electron chi connectivity index (χ3n) is 2.42. The zero-order valence-corrected chi connectivity index (χ0v) is 11.1. The molecule has 100 valence electrons. The van der Waals surface area contributed by atoms with Crippen LogP contribution < -0.4 is 14.8 Å². The molecule has 0 radical (unpaired) electrons. The topological polar surface area (TPSA) is 69.2 Å². The first-order valence-electron chi connectivity index (χ1n) is 6.46. The first kappa shape index (κ1) is 12.9. The predicted molar refractivity (Wildman–Crippen MR) is 68.0 cm³/mol. The van der Waals surface area contributed by atoms with Gasteiger partial charge in [-0.3, -0.25) is 0 Å². The minimum atomic E-state index is 0.0261. The van der Waals surface area contributed by atoms with Gasteiger partial charge >= 0.3 is 12.0 Å². The lowest BCUT2D eigenvalue weighted by Gasteiger charge is -2.11. The van der Waals surface area contributed by atoms with Crippen LogP contribution in [0.2, 0.25) is 0 Å². The molecule has 0 atom stereocenters. The lowest BCUT2D eigenvalue weighted by molar-refractivity contribution is 0.211. The number of aromatic nitrogens is 3. The maximum atomic E-state index is 5.56. The van der Waals surface area contributed by atoms with Crippen LogP contribution in [0.25, 0.3) is 0 Å². The van der Waals surface area contributed by atoms with Crippen LogP contribution in [0.1, 0.15) is 33.6 Å². The minimum Gasteiger partial charge on any atom is -0.463 e. The summed E-state index contributed by atoms with van der Waals surface area (Å²) in [5, 5.41) is 3.04. The van der Waals surface area contributed by atoms with E-state index in [-0.39, 0.29) is 6.10 Å². The van der Waals surface area contributed by atoms with Gasteiger partial charge in [-0.25, -0.2) is 0 Å². The summed E-state index contributed by atoms with van der Waals surface area (Å²) < 4.78 is 11.0. The summed E-state index contributed by atoms with van der Waals surface area (Å²) in [5.41, 5.74) is 0. The summed E-state index contributed by atoms with van der Waals surface area (Å²) in [6.45, 7) is 7.27. The van der Waals surface area contributed by atoms with Crippen molar-refractivity contribution in [2.45, 2.75) is 39.7 Å². The number of rotatable bonds is 7. The highest BCUT2D eigenvalue weighted by molar-refractivity contribution is 5.27. The van der Waals surface area contributed by atoms with Crippen molar-refractivity contribution in [3.05, 3.63) is 0 Å². The molecule has 0 aromatic carbocycles. The maximum Gasteiger partial charge on any atom is 0.324 e. The van der Waals surface area contributed by atoms with Gasteiger partial charge in [0.25, 0.3) is 0 Å². The second-order valence-corrected chi connectivity index (χ2v) is 4.68. The average Bonchev–Trinajstić information content (AvgIpc) is 3.09. The summed E-state index contributed by atoms with van der Waals surface area (Å²) >= 11 is 0. The van der Waals surface area contributed by atoms with Crippen LogP contribution >= 0.6 is 0 Å². The SMILES string of the molecule is CCNc1nc(OCC2CC2)nc(OC(C)C)n1. The van der Waals surface area contributed by atoms with Crippen molar-refractivity contribution in [1.82, 2.24) is 15.0 Å². The second kappa shape index (κ2) is 5.84. The van der Waals surface area contributed by atoms with Crippen molar-refractivity contribution in [3.63, 3.8) is 0 Å². The monoisotopic (exact) mass is 252 g/mol. The van der Waals surface area contributed by atoms with Crippen LogP contribution in [-0.4, -0.2) is 34.2 Å². The first-order chi connectivity index (χ1) is 8.67. The number of nitrogens with zero attached hydrogens (tertiary/aromatic N) is 3. The Hall–Kier alpha value is -1.59. The normalized spacial score (nSPS) is 14.7. The van der Waals surface area contributed by atoms with E-state index in [0.29, 0.717) is 30.5 Å². The molecule has 1 aromatic heterocycles. The fourth-order valence-corrected chi connectivity index (χ4v) is 1.38. The van der Waals surface area contributed by atoms with Crippen LogP contribution in [0, 0.1) is 5.92 Å². The van der Waals surface area contributed by atoms with Crippen molar-refractivity contribution in [3.8, 4) is 12.0 Å². The quantitative estimate of drug-likeness (QED) is 0.799. The Bertz CT molecular complexity index is 394. The number of hydrogen-bond donors (Lipinski definition) is 1.